The zero-order chi connectivity index (χ0) is 13.1. The van der Waals surface area contributed by atoms with Crippen molar-refractivity contribution in [3.05, 3.63) is 72.1 Å². The van der Waals surface area contributed by atoms with Gasteiger partial charge in [0.2, 0.25) is 11.7 Å². The number of hydrogen-bond donors (Lipinski definition) is 1. The quantitative estimate of drug-likeness (QED) is 0.803. The molecule has 0 aliphatic heterocycles. The highest BCUT2D eigenvalue weighted by Gasteiger charge is 2.16. The van der Waals surface area contributed by atoms with Crippen molar-refractivity contribution < 1.29 is 4.52 Å². The first-order valence-corrected chi connectivity index (χ1v) is 6.04. The fourth-order valence-electron chi connectivity index (χ4n) is 1.87. The van der Waals surface area contributed by atoms with Crippen LogP contribution in [0.5, 0.6) is 0 Å². The molecule has 0 fully saturated rings. The summed E-state index contributed by atoms with van der Waals surface area (Å²) in [5.41, 5.74) is 7.98. The summed E-state index contributed by atoms with van der Waals surface area (Å²) in [6.07, 6.45) is 0. The maximum absolute atomic E-state index is 6.11. The summed E-state index contributed by atoms with van der Waals surface area (Å²) in [5.74, 6) is 0.979. The predicted octanol–water partition coefficient (Wildman–Crippen LogP) is 3.21. The second-order valence-electron chi connectivity index (χ2n) is 4.21. The van der Waals surface area contributed by atoms with Crippen molar-refractivity contribution in [1.82, 2.24) is 10.1 Å². The molecule has 0 saturated heterocycles. The lowest BCUT2D eigenvalue weighted by Gasteiger charge is -2.05. The Hall–Kier alpha value is -2.17. The molecule has 1 aromatic heterocycles. The molecule has 2 aromatic carbocycles. The normalized spacial score (nSPS) is 11.7. The van der Waals surface area contributed by atoms with Gasteiger partial charge in [-0.25, -0.2) is 0 Å². The van der Waals surface area contributed by atoms with Gasteiger partial charge < -0.3 is 10.3 Å². The highest BCUT2D eigenvalue weighted by atomic mass is 35.5. The van der Waals surface area contributed by atoms with Crippen molar-refractivity contribution >= 4 is 12.4 Å². The lowest BCUT2D eigenvalue weighted by Crippen LogP contribution is -2.11. The second-order valence-corrected chi connectivity index (χ2v) is 4.21. The first-order valence-electron chi connectivity index (χ1n) is 6.04. The molecule has 102 valence electrons. The lowest BCUT2D eigenvalue weighted by molar-refractivity contribution is 0.367. The molecule has 0 aliphatic rings. The number of rotatable bonds is 3. The van der Waals surface area contributed by atoms with Crippen LogP contribution in [-0.2, 0) is 0 Å². The molecule has 3 rings (SSSR count). The van der Waals surface area contributed by atoms with Gasteiger partial charge in [0.25, 0.3) is 0 Å². The summed E-state index contributed by atoms with van der Waals surface area (Å²) < 4.78 is 5.25. The fraction of sp³-hybridized carbons (Fsp3) is 0.0667. The van der Waals surface area contributed by atoms with Gasteiger partial charge in [0.1, 0.15) is 6.04 Å². The van der Waals surface area contributed by atoms with E-state index in [1.165, 1.54) is 0 Å². The Morgan fingerprint density at radius 1 is 0.900 bits per heavy atom. The summed E-state index contributed by atoms with van der Waals surface area (Å²) in [6.45, 7) is 0. The van der Waals surface area contributed by atoms with Gasteiger partial charge in [0, 0.05) is 5.56 Å². The van der Waals surface area contributed by atoms with Gasteiger partial charge in [-0.15, -0.1) is 12.4 Å². The van der Waals surface area contributed by atoms with Crippen LogP contribution in [0.1, 0.15) is 17.5 Å². The Balaban J connectivity index is 0.00000147. The Bertz CT molecular complexity index is 655. The van der Waals surface area contributed by atoms with E-state index in [0.29, 0.717) is 11.7 Å². The highest BCUT2D eigenvalue weighted by Crippen LogP contribution is 2.21. The minimum absolute atomic E-state index is 0. The standard InChI is InChI=1S/C15H13N3O.ClH/c16-13(11-7-3-1-4-8-11)15-17-14(18-19-15)12-9-5-2-6-10-12;/h1-10,13H,16H2;1H. The predicted molar refractivity (Wildman–Crippen MR) is 79.5 cm³/mol. The van der Waals surface area contributed by atoms with Crippen LogP contribution >= 0.6 is 12.4 Å². The van der Waals surface area contributed by atoms with Crippen molar-refractivity contribution in [3.8, 4) is 11.4 Å². The van der Waals surface area contributed by atoms with Crippen molar-refractivity contribution in [2.75, 3.05) is 0 Å². The van der Waals surface area contributed by atoms with Crippen LogP contribution in [0.4, 0.5) is 0 Å². The molecule has 0 amide bonds. The second kappa shape index (κ2) is 6.32. The van der Waals surface area contributed by atoms with Crippen LogP contribution < -0.4 is 5.73 Å². The fourth-order valence-corrected chi connectivity index (χ4v) is 1.87. The Kier molecular flexibility index (Phi) is 4.50. The summed E-state index contributed by atoms with van der Waals surface area (Å²) in [5, 5.41) is 3.97. The van der Waals surface area contributed by atoms with Gasteiger partial charge in [0.05, 0.1) is 0 Å². The average molecular weight is 288 g/mol. The van der Waals surface area contributed by atoms with E-state index in [-0.39, 0.29) is 12.4 Å². The maximum atomic E-state index is 6.11. The zero-order valence-corrected chi connectivity index (χ0v) is 11.5. The molecule has 5 heteroatoms. The molecule has 4 nitrogen and oxygen atoms in total. The van der Waals surface area contributed by atoms with E-state index in [1.54, 1.807) is 0 Å². The first kappa shape index (κ1) is 14.2. The van der Waals surface area contributed by atoms with Gasteiger partial charge in [0.15, 0.2) is 0 Å². The monoisotopic (exact) mass is 287 g/mol. The van der Waals surface area contributed by atoms with Crippen LogP contribution in [0.15, 0.2) is 65.2 Å². The van der Waals surface area contributed by atoms with Gasteiger partial charge in [-0.2, -0.15) is 4.98 Å². The molecule has 3 aromatic rings. The van der Waals surface area contributed by atoms with Gasteiger partial charge in [-0.3, -0.25) is 0 Å². The largest absolute Gasteiger partial charge is 0.337 e. The van der Waals surface area contributed by atoms with E-state index in [9.17, 15) is 0 Å². The number of benzene rings is 2. The molecule has 0 spiro atoms. The molecule has 0 bridgehead atoms. The van der Waals surface area contributed by atoms with Crippen LogP contribution in [-0.4, -0.2) is 10.1 Å². The van der Waals surface area contributed by atoms with Crippen molar-refractivity contribution in [1.29, 1.82) is 0 Å². The number of aromatic nitrogens is 2. The number of hydrogen-bond acceptors (Lipinski definition) is 4. The summed E-state index contributed by atoms with van der Waals surface area (Å²) >= 11 is 0. The molecule has 0 radical (unpaired) electrons. The SMILES string of the molecule is Cl.NC(c1ccccc1)c1nc(-c2ccccc2)no1. The van der Waals surface area contributed by atoms with Gasteiger partial charge in [-0.1, -0.05) is 65.8 Å². The average Bonchev–Trinajstić information content (AvgIpc) is 2.98. The van der Waals surface area contributed by atoms with E-state index in [1.807, 2.05) is 60.7 Å². The Morgan fingerprint density at radius 2 is 1.50 bits per heavy atom. The third kappa shape index (κ3) is 2.87. The third-order valence-corrected chi connectivity index (χ3v) is 2.90. The van der Waals surface area contributed by atoms with E-state index in [4.69, 9.17) is 10.3 Å². The molecule has 2 N–H and O–H groups in total. The summed E-state index contributed by atoms with van der Waals surface area (Å²) in [7, 11) is 0. The van der Waals surface area contributed by atoms with Crippen molar-refractivity contribution in [2.45, 2.75) is 6.04 Å². The molecule has 0 saturated carbocycles. The van der Waals surface area contributed by atoms with Crippen LogP contribution in [0, 0.1) is 0 Å². The zero-order valence-electron chi connectivity index (χ0n) is 10.6. The van der Waals surface area contributed by atoms with Crippen LogP contribution in [0.3, 0.4) is 0 Å². The molecular formula is C15H14ClN3O. The van der Waals surface area contributed by atoms with Crippen molar-refractivity contribution in [2.24, 2.45) is 5.73 Å². The highest BCUT2D eigenvalue weighted by molar-refractivity contribution is 5.85. The summed E-state index contributed by atoms with van der Waals surface area (Å²) in [4.78, 5) is 4.35. The van der Waals surface area contributed by atoms with Crippen molar-refractivity contribution in [3.63, 3.8) is 0 Å². The third-order valence-electron chi connectivity index (χ3n) is 2.90. The van der Waals surface area contributed by atoms with E-state index in [0.717, 1.165) is 11.1 Å². The Morgan fingerprint density at radius 3 is 2.15 bits per heavy atom. The number of nitrogens with two attached hydrogens (primary N) is 1. The molecule has 20 heavy (non-hydrogen) atoms. The molecule has 1 heterocycles. The van der Waals surface area contributed by atoms with Crippen LogP contribution in [0.25, 0.3) is 11.4 Å². The topological polar surface area (TPSA) is 64.9 Å². The number of halogens is 1. The lowest BCUT2D eigenvalue weighted by atomic mass is 10.1. The Labute approximate surface area is 123 Å². The smallest absolute Gasteiger partial charge is 0.248 e. The minimum atomic E-state index is -0.397. The van der Waals surface area contributed by atoms with E-state index < -0.39 is 6.04 Å². The van der Waals surface area contributed by atoms with Gasteiger partial charge >= 0.3 is 0 Å². The van der Waals surface area contributed by atoms with E-state index >= 15 is 0 Å². The molecule has 1 unspecified atom stereocenters. The molecule has 0 aliphatic carbocycles. The number of nitrogens with zero attached hydrogens (tertiary/aromatic N) is 2. The summed E-state index contributed by atoms with van der Waals surface area (Å²) in [6, 6.07) is 19.0. The van der Waals surface area contributed by atoms with E-state index in [2.05, 4.69) is 10.1 Å². The molecular weight excluding hydrogens is 274 g/mol. The van der Waals surface area contributed by atoms with Gasteiger partial charge in [-0.05, 0) is 5.56 Å². The maximum Gasteiger partial charge on any atom is 0.248 e. The minimum Gasteiger partial charge on any atom is -0.337 e. The first-order chi connectivity index (χ1) is 9.34. The van der Waals surface area contributed by atoms with Crippen LogP contribution in [0.2, 0.25) is 0 Å². The molecule has 1 atom stereocenters.